The van der Waals surface area contributed by atoms with Crippen molar-refractivity contribution in [3.63, 3.8) is 0 Å². The molecule has 0 saturated carbocycles. The number of rotatable bonds is 6. The summed E-state index contributed by atoms with van der Waals surface area (Å²) in [7, 11) is 0. The van der Waals surface area contributed by atoms with Crippen LogP contribution in [-0.4, -0.2) is 46.9 Å². The SMILES string of the molecule is CC(=O)SC1CN(c2nc(C(=O)N[C@H](CN)C(C)C)cs2)C1. The molecular weight excluding hydrogens is 320 g/mol. The van der Waals surface area contributed by atoms with E-state index in [4.69, 9.17) is 5.73 Å². The summed E-state index contributed by atoms with van der Waals surface area (Å²) in [6.45, 7) is 7.65. The summed E-state index contributed by atoms with van der Waals surface area (Å²) >= 11 is 2.82. The van der Waals surface area contributed by atoms with Gasteiger partial charge in [-0.25, -0.2) is 4.98 Å². The molecule has 1 aromatic rings. The van der Waals surface area contributed by atoms with Crippen molar-refractivity contribution in [2.75, 3.05) is 24.5 Å². The summed E-state index contributed by atoms with van der Waals surface area (Å²) in [6, 6.07) is -0.0435. The van der Waals surface area contributed by atoms with Gasteiger partial charge in [0.2, 0.25) is 0 Å². The minimum atomic E-state index is -0.179. The summed E-state index contributed by atoms with van der Waals surface area (Å²) < 4.78 is 0. The summed E-state index contributed by atoms with van der Waals surface area (Å²) in [6.07, 6.45) is 0. The van der Waals surface area contributed by atoms with Crippen LogP contribution >= 0.6 is 23.1 Å². The smallest absolute Gasteiger partial charge is 0.271 e. The van der Waals surface area contributed by atoms with Gasteiger partial charge in [-0.1, -0.05) is 25.6 Å². The molecule has 22 heavy (non-hydrogen) atoms. The first-order valence-corrected chi connectivity index (χ1v) is 9.05. The van der Waals surface area contributed by atoms with Gasteiger partial charge in [-0.2, -0.15) is 0 Å². The van der Waals surface area contributed by atoms with Crippen molar-refractivity contribution in [2.24, 2.45) is 11.7 Å². The zero-order valence-corrected chi connectivity index (χ0v) is 14.7. The van der Waals surface area contributed by atoms with Crippen LogP contribution in [0.15, 0.2) is 5.38 Å². The highest BCUT2D eigenvalue weighted by Crippen LogP contribution is 2.30. The van der Waals surface area contributed by atoms with Crippen molar-refractivity contribution in [2.45, 2.75) is 32.1 Å². The normalized spacial score (nSPS) is 16.5. The third kappa shape index (κ3) is 4.21. The van der Waals surface area contributed by atoms with Crippen LogP contribution in [-0.2, 0) is 4.79 Å². The van der Waals surface area contributed by atoms with E-state index < -0.39 is 0 Å². The van der Waals surface area contributed by atoms with Crippen LogP contribution in [0.4, 0.5) is 5.13 Å². The van der Waals surface area contributed by atoms with E-state index in [0.717, 1.165) is 18.2 Å². The Morgan fingerprint density at radius 2 is 2.23 bits per heavy atom. The van der Waals surface area contributed by atoms with E-state index in [1.54, 1.807) is 12.3 Å². The van der Waals surface area contributed by atoms with Gasteiger partial charge < -0.3 is 16.0 Å². The van der Waals surface area contributed by atoms with Gasteiger partial charge in [-0.05, 0) is 5.92 Å². The Morgan fingerprint density at radius 1 is 1.55 bits per heavy atom. The molecule has 0 radical (unpaired) electrons. The van der Waals surface area contributed by atoms with Crippen LogP contribution < -0.4 is 16.0 Å². The number of carbonyl (C=O) groups excluding carboxylic acids is 2. The summed E-state index contributed by atoms with van der Waals surface area (Å²) in [5.74, 6) is 0.105. The van der Waals surface area contributed by atoms with E-state index in [9.17, 15) is 9.59 Å². The molecule has 2 heterocycles. The molecular formula is C14H22N4O2S2. The number of aromatic nitrogens is 1. The predicted molar refractivity (Wildman–Crippen MR) is 91.5 cm³/mol. The summed E-state index contributed by atoms with van der Waals surface area (Å²) in [4.78, 5) is 29.7. The van der Waals surface area contributed by atoms with Gasteiger partial charge in [-0.15, -0.1) is 11.3 Å². The number of nitrogens with zero attached hydrogens (tertiary/aromatic N) is 2. The number of hydrogen-bond donors (Lipinski definition) is 2. The molecule has 1 aliphatic heterocycles. The molecule has 1 saturated heterocycles. The van der Waals surface area contributed by atoms with Gasteiger partial charge in [0.1, 0.15) is 5.69 Å². The largest absolute Gasteiger partial charge is 0.346 e. The molecule has 0 aromatic carbocycles. The minimum absolute atomic E-state index is 0.0435. The van der Waals surface area contributed by atoms with E-state index >= 15 is 0 Å². The molecule has 6 nitrogen and oxygen atoms in total. The second-order valence-corrected chi connectivity index (χ2v) is 8.03. The van der Waals surface area contributed by atoms with Crippen molar-refractivity contribution >= 4 is 39.3 Å². The Kier molecular flexibility index (Phi) is 5.82. The van der Waals surface area contributed by atoms with Crippen molar-refractivity contribution in [1.29, 1.82) is 0 Å². The number of nitrogens with two attached hydrogens (primary N) is 1. The van der Waals surface area contributed by atoms with E-state index in [1.807, 2.05) is 13.8 Å². The predicted octanol–water partition coefficient (Wildman–Crippen LogP) is 1.32. The molecule has 1 atom stereocenters. The lowest BCUT2D eigenvalue weighted by molar-refractivity contribution is -0.109. The van der Waals surface area contributed by atoms with Crippen molar-refractivity contribution in [1.82, 2.24) is 10.3 Å². The highest BCUT2D eigenvalue weighted by molar-refractivity contribution is 8.14. The van der Waals surface area contributed by atoms with Crippen LogP contribution in [0.5, 0.6) is 0 Å². The van der Waals surface area contributed by atoms with Crippen LogP contribution in [0.3, 0.4) is 0 Å². The lowest BCUT2D eigenvalue weighted by Crippen LogP contribution is -2.49. The van der Waals surface area contributed by atoms with Crippen LogP contribution in [0, 0.1) is 5.92 Å². The zero-order chi connectivity index (χ0) is 16.3. The maximum absolute atomic E-state index is 12.2. The highest BCUT2D eigenvalue weighted by Gasteiger charge is 2.31. The van der Waals surface area contributed by atoms with E-state index in [0.29, 0.717) is 17.5 Å². The fourth-order valence-electron chi connectivity index (χ4n) is 2.16. The number of thioether (sulfide) groups is 1. The summed E-state index contributed by atoms with van der Waals surface area (Å²) in [5.41, 5.74) is 6.10. The van der Waals surface area contributed by atoms with Crippen molar-refractivity contribution in [3.8, 4) is 0 Å². The fourth-order valence-corrected chi connectivity index (χ4v) is 3.96. The van der Waals surface area contributed by atoms with Gasteiger partial charge >= 0.3 is 0 Å². The maximum atomic E-state index is 12.2. The molecule has 0 unspecified atom stereocenters. The van der Waals surface area contributed by atoms with Gasteiger partial charge in [0.05, 0.1) is 0 Å². The lowest BCUT2D eigenvalue weighted by Gasteiger charge is -2.37. The molecule has 0 aliphatic carbocycles. The maximum Gasteiger partial charge on any atom is 0.271 e. The first kappa shape index (κ1) is 17.2. The molecule has 122 valence electrons. The van der Waals surface area contributed by atoms with Gasteiger partial charge in [-0.3, -0.25) is 9.59 Å². The van der Waals surface area contributed by atoms with E-state index in [-0.39, 0.29) is 23.0 Å². The molecule has 1 fully saturated rings. The monoisotopic (exact) mass is 342 g/mol. The number of carbonyl (C=O) groups is 2. The van der Waals surface area contributed by atoms with Crippen LogP contribution in [0.2, 0.25) is 0 Å². The van der Waals surface area contributed by atoms with Gasteiger partial charge in [0, 0.05) is 43.2 Å². The average Bonchev–Trinajstić information content (AvgIpc) is 2.88. The molecule has 0 spiro atoms. The second kappa shape index (κ2) is 7.43. The Hall–Kier alpha value is -1.12. The quantitative estimate of drug-likeness (QED) is 0.811. The first-order valence-electron chi connectivity index (χ1n) is 7.29. The number of anilines is 1. The van der Waals surface area contributed by atoms with Gasteiger partial charge in [0.25, 0.3) is 5.91 Å². The first-order chi connectivity index (χ1) is 10.4. The van der Waals surface area contributed by atoms with Gasteiger partial charge in [0.15, 0.2) is 10.2 Å². The molecule has 1 amide bonds. The van der Waals surface area contributed by atoms with Crippen LogP contribution in [0.25, 0.3) is 0 Å². The zero-order valence-electron chi connectivity index (χ0n) is 13.0. The molecule has 3 N–H and O–H groups in total. The standard InChI is InChI=1S/C14H22N4O2S2/c1-8(2)11(4-15)16-13(20)12-7-21-14(17-12)18-5-10(6-18)22-9(3)19/h7-8,10-11H,4-6,15H2,1-3H3,(H,16,20)/t11-/m1/s1. The Labute approximate surface area is 138 Å². The Bertz CT molecular complexity index is 541. The minimum Gasteiger partial charge on any atom is -0.346 e. The third-order valence-electron chi connectivity index (χ3n) is 3.55. The number of amides is 1. The molecule has 8 heteroatoms. The van der Waals surface area contributed by atoms with Crippen molar-refractivity contribution in [3.05, 3.63) is 11.1 Å². The molecule has 1 aliphatic rings. The fraction of sp³-hybridized carbons (Fsp3) is 0.643. The number of hydrogen-bond acceptors (Lipinski definition) is 7. The number of nitrogens with one attached hydrogen (secondary N) is 1. The summed E-state index contributed by atoms with van der Waals surface area (Å²) in [5, 5.41) is 6.00. The van der Waals surface area contributed by atoms with E-state index in [2.05, 4.69) is 15.2 Å². The molecule has 0 bridgehead atoms. The molecule has 1 aromatic heterocycles. The van der Waals surface area contributed by atoms with Crippen molar-refractivity contribution < 1.29 is 9.59 Å². The second-order valence-electron chi connectivity index (χ2n) is 5.71. The lowest BCUT2D eigenvalue weighted by atomic mass is 10.0. The Morgan fingerprint density at radius 3 is 2.77 bits per heavy atom. The average molecular weight is 342 g/mol. The number of thiazole rings is 1. The van der Waals surface area contributed by atoms with E-state index in [1.165, 1.54) is 23.1 Å². The third-order valence-corrected chi connectivity index (χ3v) is 5.42. The topological polar surface area (TPSA) is 88.3 Å². The highest BCUT2D eigenvalue weighted by atomic mass is 32.2. The van der Waals surface area contributed by atoms with Crippen LogP contribution in [0.1, 0.15) is 31.3 Å². The Balaban J connectivity index is 1.89. The molecule has 2 rings (SSSR count).